The van der Waals surface area contributed by atoms with Crippen LogP contribution in [0.2, 0.25) is 0 Å². The van der Waals surface area contributed by atoms with E-state index in [1.54, 1.807) is 44.2 Å². The van der Waals surface area contributed by atoms with Gasteiger partial charge in [0.15, 0.2) is 0 Å². The maximum Gasteiger partial charge on any atom is 0.264 e. The van der Waals surface area contributed by atoms with Crippen LogP contribution in [0.15, 0.2) is 59.5 Å². The lowest BCUT2D eigenvalue weighted by Crippen LogP contribution is -2.16. The number of carbonyl (C=O) groups is 1. The van der Waals surface area contributed by atoms with Gasteiger partial charge in [-0.05, 0) is 69.3 Å². The van der Waals surface area contributed by atoms with E-state index < -0.39 is 10.0 Å². The molecule has 0 unspecified atom stereocenters. The molecule has 0 aliphatic heterocycles. The number of amides is 1. The van der Waals surface area contributed by atoms with Gasteiger partial charge in [0.25, 0.3) is 15.9 Å². The zero-order valence-corrected chi connectivity index (χ0v) is 17.7. The molecule has 2 N–H and O–H groups in total. The van der Waals surface area contributed by atoms with Gasteiger partial charge < -0.3 is 10.1 Å². The number of sulfonamides is 1. The summed E-state index contributed by atoms with van der Waals surface area (Å²) in [4.78, 5) is 20.6. The molecular formula is C21H22N4O4S. The topological polar surface area (TPSA) is 110 Å². The minimum absolute atomic E-state index is 0.0130. The van der Waals surface area contributed by atoms with Gasteiger partial charge in [0.1, 0.15) is 5.75 Å². The van der Waals surface area contributed by atoms with Crippen molar-refractivity contribution in [1.82, 2.24) is 9.97 Å². The van der Waals surface area contributed by atoms with Gasteiger partial charge >= 0.3 is 0 Å². The Balaban J connectivity index is 1.72. The van der Waals surface area contributed by atoms with Crippen LogP contribution in [0, 0.1) is 13.8 Å². The van der Waals surface area contributed by atoms with E-state index in [9.17, 15) is 13.2 Å². The van der Waals surface area contributed by atoms with E-state index in [1.165, 1.54) is 24.3 Å². The first-order valence-electron chi connectivity index (χ1n) is 9.26. The van der Waals surface area contributed by atoms with Crippen molar-refractivity contribution in [1.29, 1.82) is 0 Å². The van der Waals surface area contributed by atoms with E-state index in [0.717, 1.165) is 0 Å². The van der Waals surface area contributed by atoms with E-state index in [1.807, 2.05) is 6.92 Å². The molecule has 156 valence electrons. The maximum atomic E-state index is 12.6. The van der Waals surface area contributed by atoms with Crippen LogP contribution in [0.25, 0.3) is 0 Å². The molecule has 0 bridgehead atoms. The van der Waals surface area contributed by atoms with Gasteiger partial charge in [-0.15, -0.1) is 0 Å². The van der Waals surface area contributed by atoms with Crippen molar-refractivity contribution in [2.75, 3.05) is 16.6 Å². The summed E-state index contributed by atoms with van der Waals surface area (Å²) in [5.41, 5.74) is 2.22. The summed E-state index contributed by atoms with van der Waals surface area (Å²) >= 11 is 0. The molecule has 3 aromatic rings. The van der Waals surface area contributed by atoms with Crippen LogP contribution in [0.4, 0.5) is 11.6 Å². The van der Waals surface area contributed by atoms with Crippen molar-refractivity contribution in [2.45, 2.75) is 25.7 Å². The fraction of sp³-hybridized carbons (Fsp3) is 0.190. The van der Waals surface area contributed by atoms with Crippen LogP contribution in [0.1, 0.15) is 28.7 Å². The van der Waals surface area contributed by atoms with Crippen molar-refractivity contribution in [3.05, 3.63) is 71.5 Å². The van der Waals surface area contributed by atoms with Gasteiger partial charge in [-0.2, -0.15) is 0 Å². The first kappa shape index (κ1) is 21.3. The Kier molecular flexibility index (Phi) is 6.31. The van der Waals surface area contributed by atoms with Gasteiger partial charge in [-0.3, -0.25) is 4.79 Å². The highest BCUT2D eigenvalue weighted by Crippen LogP contribution is 2.19. The van der Waals surface area contributed by atoms with Gasteiger partial charge in [0.05, 0.1) is 11.5 Å². The lowest BCUT2D eigenvalue weighted by Gasteiger charge is -2.10. The number of hydrogen-bond acceptors (Lipinski definition) is 6. The van der Waals surface area contributed by atoms with Crippen LogP contribution in [-0.4, -0.2) is 30.9 Å². The molecule has 0 saturated carbocycles. The molecule has 0 aliphatic carbocycles. The van der Waals surface area contributed by atoms with Crippen molar-refractivity contribution >= 4 is 27.6 Å². The number of carbonyl (C=O) groups excluding carboxylic acids is 1. The number of anilines is 2. The van der Waals surface area contributed by atoms with Crippen LogP contribution >= 0.6 is 0 Å². The molecule has 0 spiro atoms. The molecule has 9 heteroatoms. The van der Waals surface area contributed by atoms with Crippen LogP contribution in [0.3, 0.4) is 0 Å². The Bertz CT molecular complexity index is 1140. The molecule has 0 atom stereocenters. The Hall–Kier alpha value is -3.46. The first-order valence-corrected chi connectivity index (χ1v) is 10.7. The number of nitrogens with one attached hydrogen (secondary N) is 2. The lowest BCUT2D eigenvalue weighted by molar-refractivity contribution is 0.102. The van der Waals surface area contributed by atoms with Crippen molar-refractivity contribution < 1.29 is 17.9 Å². The normalized spacial score (nSPS) is 11.0. The number of hydrogen-bond donors (Lipinski definition) is 2. The third kappa shape index (κ3) is 5.32. The monoisotopic (exact) mass is 426 g/mol. The molecular weight excluding hydrogens is 404 g/mol. The number of aryl methyl sites for hydroxylation is 2. The average Bonchev–Trinajstić information content (AvgIpc) is 2.68. The van der Waals surface area contributed by atoms with Gasteiger partial charge in [-0.25, -0.2) is 23.1 Å². The number of ether oxygens (including phenoxy) is 1. The molecule has 1 heterocycles. The first-order chi connectivity index (χ1) is 14.3. The zero-order chi connectivity index (χ0) is 21.7. The molecule has 30 heavy (non-hydrogen) atoms. The standard InChI is InChI=1S/C21H22N4O4S/c1-4-29-18-7-5-6-16(13-18)20(26)24-17-8-10-19(11-9-17)30(27,28)25-21-22-14(2)12-15(3)23-21/h5-13H,4H2,1-3H3,(H,24,26)(H,22,23,25). The molecule has 2 aromatic carbocycles. The highest BCUT2D eigenvalue weighted by Gasteiger charge is 2.16. The lowest BCUT2D eigenvalue weighted by atomic mass is 10.2. The van der Waals surface area contributed by atoms with E-state index in [4.69, 9.17) is 4.74 Å². The smallest absolute Gasteiger partial charge is 0.264 e. The summed E-state index contributed by atoms with van der Waals surface area (Å²) in [5.74, 6) is 0.291. The average molecular weight is 426 g/mol. The Labute approximate surface area is 175 Å². The SMILES string of the molecule is CCOc1cccc(C(=O)Nc2ccc(S(=O)(=O)Nc3nc(C)cc(C)n3)cc2)c1. The molecule has 3 rings (SSSR count). The minimum Gasteiger partial charge on any atom is -0.494 e. The molecule has 1 amide bonds. The van der Waals surface area contributed by atoms with Crippen molar-refractivity contribution in [2.24, 2.45) is 0 Å². The molecule has 1 aromatic heterocycles. The van der Waals surface area contributed by atoms with Gasteiger partial charge in [-0.1, -0.05) is 6.07 Å². The molecule has 0 fully saturated rings. The second-order valence-corrected chi connectivity index (χ2v) is 8.20. The van der Waals surface area contributed by atoms with Crippen LogP contribution in [-0.2, 0) is 10.0 Å². The summed E-state index contributed by atoms with van der Waals surface area (Å²) in [6, 6.07) is 14.4. The van der Waals surface area contributed by atoms with Gasteiger partial charge in [0.2, 0.25) is 5.95 Å². The third-order valence-electron chi connectivity index (χ3n) is 4.04. The molecule has 0 aliphatic rings. The fourth-order valence-electron chi connectivity index (χ4n) is 2.77. The fourth-order valence-corrected chi connectivity index (χ4v) is 3.71. The second kappa shape index (κ2) is 8.91. The number of nitrogens with zero attached hydrogens (tertiary/aromatic N) is 2. The summed E-state index contributed by atoms with van der Waals surface area (Å²) < 4.78 is 32.9. The van der Waals surface area contributed by atoms with Crippen LogP contribution in [0.5, 0.6) is 5.75 Å². The summed E-state index contributed by atoms with van der Waals surface area (Å²) in [6.07, 6.45) is 0. The highest BCUT2D eigenvalue weighted by molar-refractivity contribution is 7.92. The number of aromatic nitrogens is 2. The zero-order valence-electron chi connectivity index (χ0n) is 16.8. The Morgan fingerprint density at radius 2 is 1.67 bits per heavy atom. The van der Waals surface area contributed by atoms with Crippen LogP contribution < -0.4 is 14.8 Å². The quantitative estimate of drug-likeness (QED) is 0.598. The predicted octanol–water partition coefficient (Wildman–Crippen LogP) is 3.55. The third-order valence-corrected chi connectivity index (χ3v) is 5.38. The summed E-state index contributed by atoms with van der Waals surface area (Å²) in [7, 11) is -3.86. The van der Waals surface area contributed by atoms with E-state index in [-0.39, 0.29) is 16.8 Å². The van der Waals surface area contributed by atoms with E-state index in [0.29, 0.717) is 35.0 Å². The number of rotatable bonds is 7. The van der Waals surface area contributed by atoms with Crippen molar-refractivity contribution in [3.63, 3.8) is 0 Å². The Morgan fingerprint density at radius 3 is 2.30 bits per heavy atom. The Morgan fingerprint density at radius 1 is 1.00 bits per heavy atom. The summed E-state index contributed by atoms with van der Waals surface area (Å²) in [6.45, 7) is 5.88. The summed E-state index contributed by atoms with van der Waals surface area (Å²) in [5, 5.41) is 2.74. The minimum atomic E-state index is -3.86. The van der Waals surface area contributed by atoms with E-state index in [2.05, 4.69) is 20.0 Å². The molecule has 0 radical (unpaired) electrons. The maximum absolute atomic E-state index is 12.6. The molecule has 0 saturated heterocycles. The van der Waals surface area contributed by atoms with E-state index >= 15 is 0 Å². The second-order valence-electron chi connectivity index (χ2n) is 6.52. The largest absolute Gasteiger partial charge is 0.494 e. The predicted molar refractivity (Wildman–Crippen MR) is 114 cm³/mol. The molecule has 8 nitrogen and oxygen atoms in total. The van der Waals surface area contributed by atoms with Gasteiger partial charge in [0, 0.05) is 22.6 Å². The number of benzene rings is 2. The highest BCUT2D eigenvalue weighted by atomic mass is 32.2. The van der Waals surface area contributed by atoms with Crippen molar-refractivity contribution in [3.8, 4) is 5.75 Å².